The quantitative estimate of drug-likeness (QED) is 0.670. The highest BCUT2D eigenvalue weighted by atomic mass is 16.4. The standard InChI is InChI=1S/C15H22N2O3/c1-11(5-4-9-16)14(18)17-10-8-12-6-2-3-7-13(12)15(19)20/h2-3,6-7,11H,4-5,8-10,16H2,1H3,(H,17,18)(H,19,20). The van der Waals surface area contributed by atoms with Crippen LogP contribution in [-0.2, 0) is 11.2 Å². The average Bonchev–Trinajstić information content (AvgIpc) is 2.44. The Morgan fingerprint density at radius 2 is 2.05 bits per heavy atom. The lowest BCUT2D eigenvalue weighted by molar-refractivity contribution is -0.124. The molecule has 5 heteroatoms. The maximum atomic E-state index is 11.8. The van der Waals surface area contributed by atoms with Crippen molar-refractivity contribution in [2.24, 2.45) is 11.7 Å². The Hall–Kier alpha value is -1.88. The van der Waals surface area contributed by atoms with E-state index >= 15 is 0 Å². The van der Waals surface area contributed by atoms with Crippen LogP contribution in [0.2, 0.25) is 0 Å². The van der Waals surface area contributed by atoms with Crippen molar-refractivity contribution in [2.45, 2.75) is 26.2 Å². The number of aromatic carboxylic acids is 1. The first kappa shape index (κ1) is 16.2. The molecule has 0 aliphatic carbocycles. The Labute approximate surface area is 119 Å². The summed E-state index contributed by atoms with van der Waals surface area (Å²) in [7, 11) is 0. The van der Waals surface area contributed by atoms with E-state index < -0.39 is 5.97 Å². The van der Waals surface area contributed by atoms with Gasteiger partial charge in [-0.2, -0.15) is 0 Å². The van der Waals surface area contributed by atoms with E-state index in [4.69, 9.17) is 10.8 Å². The first-order chi connectivity index (χ1) is 9.56. The second-order valence-electron chi connectivity index (χ2n) is 4.84. The van der Waals surface area contributed by atoms with Crippen LogP contribution in [0.1, 0.15) is 35.7 Å². The van der Waals surface area contributed by atoms with Crippen molar-refractivity contribution in [3.63, 3.8) is 0 Å². The van der Waals surface area contributed by atoms with Crippen molar-refractivity contribution >= 4 is 11.9 Å². The van der Waals surface area contributed by atoms with Crippen LogP contribution < -0.4 is 11.1 Å². The lowest BCUT2D eigenvalue weighted by Gasteiger charge is -2.12. The number of carboxylic acids is 1. The van der Waals surface area contributed by atoms with Gasteiger partial charge in [0.2, 0.25) is 5.91 Å². The molecule has 20 heavy (non-hydrogen) atoms. The van der Waals surface area contributed by atoms with E-state index in [1.807, 2.05) is 6.92 Å². The van der Waals surface area contributed by atoms with Gasteiger partial charge < -0.3 is 16.2 Å². The second-order valence-corrected chi connectivity index (χ2v) is 4.84. The van der Waals surface area contributed by atoms with Crippen molar-refractivity contribution in [1.82, 2.24) is 5.32 Å². The zero-order chi connectivity index (χ0) is 15.0. The van der Waals surface area contributed by atoms with E-state index in [9.17, 15) is 9.59 Å². The molecule has 5 nitrogen and oxygen atoms in total. The normalized spacial score (nSPS) is 11.9. The SMILES string of the molecule is CC(CCCN)C(=O)NCCc1ccccc1C(=O)O. The van der Waals surface area contributed by atoms with Crippen LogP contribution in [0, 0.1) is 5.92 Å². The number of rotatable bonds is 8. The third-order valence-corrected chi connectivity index (χ3v) is 3.23. The van der Waals surface area contributed by atoms with Crippen molar-refractivity contribution in [3.05, 3.63) is 35.4 Å². The van der Waals surface area contributed by atoms with Crippen LogP contribution in [0.3, 0.4) is 0 Å². The van der Waals surface area contributed by atoms with Gasteiger partial charge in [-0.25, -0.2) is 4.79 Å². The van der Waals surface area contributed by atoms with E-state index in [1.54, 1.807) is 24.3 Å². The summed E-state index contributed by atoms with van der Waals surface area (Å²) < 4.78 is 0. The Kier molecular flexibility index (Phi) is 6.73. The van der Waals surface area contributed by atoms with Crippen molar-refractivity contribution < 1.29 is 14.7 Å². The zero-order valence-electron chi connectivity index (χ0n) is 11.8. The highest BCUT2D eigenvalue weighted by molar-refractivity contribution is 5.89. The molecule has 0 aromatic heterocycles. The van der Waals surface area contributed by atoms with Crippen LogP contribution in [0.5, 0.6) is 0 Å². The maximum absolute atomic E-state index is 11.8. The molecule has 1 amide bonds. The molecule has 1 unspecified atom stereocenters. The molecule has 0 fully saturated rings. The summed E-state index contributed by atoms with van der Waals surface area (Å²) in [5.41, 5.74) is 6.43. The summed E-state index contributed by atoms with van der Waals surface area (Å²) in [6.45, 7) is 2.90. The van der Waals surface area contributed by atoms with Gasteiger partial charge in [-0.1, -0.05) is 25.1 Å². The Balaban J connectivity index is 2.45. The summed E-state index contributed by atoms with van der Waals surface area (Å²) in [6.07, 6.45) is 2.11. The van der Waals surface area contributed by atoms with Crippen molar-refractivity contribution in [1.29, 1.82) is 0 Å². The van der Waals surface area contributed by atoms with Crippen molar-refractivity contribution in [3.8, 4) is 0 Å². The lowest BCUT2D eigenvalue weighted by Crippen LogP contribution is -2.31. The maximum Gasteiger partial charge on any atom is 0.335 e. The van der Waals surface area contributed by atoms with Crippen LogP contribution >= 0.6 is 0 Å². The summed E-state index contributed by atoms with van der Waals surface area (Å²) in [5, 5.41) is 11.9. The molecule has 1 rings (SSSR count). The highest BCUT2D eigenvalue weighted by Crippen LogP contribution is 2.09. The monoisotopic (exact) mass is 278 g/mol. The molecule has 0 aliphatic heterocycles. The molecule has 0 saturated carbocycles. The Morgan fingerprint density at radius 3 is 2.70 bits per heavy atom. The molecule has 4 N–H and O–H groups in total. The number of nitrogens with two attached hydrogens (primary N) is 1. The van der Waals surface area contributed by atoms with E-state index in [1.165, 1.54) is 0 Å². The fourth-order valence-electron chi connectivity index (χ4n) is 2.00. The number of benzene rings is 1. The Bertz CT molecular complexity index is 460. The van der Waals surface area contributed by atoms with Crippen LogP contribution in [0.4, 0.5) is 0 Å². The molecule has 110 valence electrons. The second kappa shape index (κ2) is 8.32. The summed E-state index contributed by atoms with van der Waals surface area (Å²) in [5.74, 6) is -1.01. The van der Waals surface area contributed by atoms with E-state index in [0.717, 1.165) is 18.4 Å². The lowest BCUT2D eigenvalue weighted by atomic mass is 10.0. The zero-order valence-corrected chi connectivity index (χ0v) is 11.8. The molecular formula is C15H22N2O3. The van der Waals surface area contributed by atoms with E-state index in [0.29, 0.717) is 19.5 Å². The molecule has 1 aromatic rings. The first-order valence-electron chi connectivity index (χ1n) is 6.85. The van der Waals surface area contributed by atoms with E-state index in [-0.39, 0.29) is 17.4 Å². The number of amides is 1. The predicted octanol–water partition coefficient (Wildman–Crippen LogP) is 1.42. The fraction of sp³-hybridized carbons (Fsp3) is 0.467. The number of carboxylic acid groups (broad SMARTS) is 1. The minimum Gasteiger partial charge on any atom is -0.478 e. The van der Waals surface area contributed by atoms with Gasteiger partial charge in [0, 0.05) is 12.5 Å². The average molecular weight is 278 g/mol. The van der Waals surface area contributed by atoms with Gasteiger partial charge >= 0.3 is 5.97 Å². The first-order valence-corrected chi connectivity index (χ1v) is 6.85. The van der Waals surface area contributed by atoms with Gasteiger partial charge in [-0.3, -0.25) is 4.79 Å². The summed E-state index contributed by atoms with van der Waals surface area (Å²) in [4.78, 5) is 22.8. The third-order valence-electron chi connectivity index (χ3n) is 3.23. The molecule has 0 heterocycles. The molecule has 0 radical (unpaired) electrons. The van der Waals surface area contributed by atoms with Crippen LogP contribution in [0.25, 0.3) is 0 Å². The molecule has 0 spiro atoms. The van der Waals surface area contributed by atoms with Crippen LogP contribution in [-0.4, -0.2) is 30.1 Å². The van der Waals surface area contributed by atoms with Crippen molar-refractivity contribution in [2.75, 3.05) is 13.1 Å². The fourth-order valence-corrected chi connectivity index (χ4v) is 2.00. The summed E-state index contributed by atoms with van der Waals surface area (Å²) >= 11 is 0. The minimum atomic E-state index is -0.941. The third kappa shape index (κ3) is 5.01. The van der Waals surface area contributed by atoms with Gasteiger partial charge in [0.25, 0.3) is 0 Å². The van der Waals surface area contributed by atoms with Gasteiger partial charge in [-0.15, -0.1) is 0 Å². The minimum absolute atomic E-state index is 0.00810. The molecule has 0 bridgehead atoms. The highest BCUT2D eigenvalue weighted by Gasteiger charge is 2.12. The molecule has 1 atom stereocenters. The number of nitrogens with one attached hydrogen (secondary N) is 1. The smallest absolute Gasteiger partial charge is 0.335 e. The summed E-state index contributed by atoms with van der Waals surface area (Å²) in [6, 6.07) is 6.84. The van der Waals surface area contributed by atoms with Gasteiger partial charge in [0.15, 0.2) is 0 Å². The van der Waals surface area contributed by atoms with Gasteiger partial charge in [0.1, 0.15) is 0 Å². The van der Waals surface area contributed by atoms with E-state index in [2.05, 4.69) is 5.32 Å². The number of hydrogen-bond donors (Lipinski definition) is 3. The predicted molar refractivity (Wildman–Crippen MR) is 77.6 cm³/mol. The molecular weight excluding hydrogens is 256 g/mol. The van der Waals surface area contributed by atoms with Gasteiger partial charge in [-0.05, 0) is 37.4 Å². The molecule has 1 aromatic carbocycles. The number of carbonyl (C=O) groups excluding carboxylic acids is 1. The molecule has 0 saturated heterocycles. The van der Waals surface area contributed by atoms with Crippen LogP contribution in [0.15, 0.2) is 24.3 Å². The number of hydrogen-bond acceptors (Lipinski definition) is 3. The molecule has 0 aliphatic rings. The van der Waals surface area contributed by atoms with Gasteiger partial charge in [0.05, 0.1) is 5.56 Å². The topological polar surface area (TPSA) is 92.4 Å². The number of carbonyl (C=O) groups is 2. The Morgan fingerprint density at radius 1 is 1.35 bits per heavy atom. The largest absolute Gasteiger partial charge is 0.478 e.